The molecular weight excluding hydrogens is 580 g/mol. The van der Waals surface area contributed by atoms with Crippen LogP contribution in [-0.4, -0.2) is 78.1 Å². The fourth-order valence-electron chi connectivity index (χ4n) is 4.05. The molecule has 2 unspecified atom stereocenters. The maximum atomic E-state index is 14.0. The standard InChI is InChI=1S/C29H34F4N2O8/c1-29(2,3)43-23(37)10-9-20(21(36)16-41-26-24(32)18(30)13-19(31)25(26)33)34-27(38)22-14-35(11-12-40-22)28(39)42-15-17-7-5-4-6-8-17/h4-8,13,20-22,36H,9-12,14-16H2,1-3H3,(H,34,38)/t20-,21?,22?/m0/s1. The van der Waals surface area contributed by atoms with E-state index in [2.05, 4.69) is 5.32 Å². The van der Waals surface area contributed by atoms with E-state index in [4.69, 9.17) is 18.9 Å². The average molecular weight is 615 g/mol. The van der Waals surface area contributed by atoms with Crippen LogP contribution in [0.5, 0.6) is 5.75 Å². The van der Waals surface area contributed by atoms with Crippen molar-refractivity contribution < 1.29 is 56.0 Å². The Morgan fingerprint density at radius 1 is 1.09 bits per heavy atom. The van der Waals surface area contributed by atoms with Gasteiger partial charge in [0.25, 0.3) is 5.91 Å². The van der Waals surface area contributed by atoms with Crippen LogP contribution in [0.1, 0.15) is 39.2 Å². The number of carbonyl (C=O) groups excluding carboxylic acids is 3. The van der Waals surface area contributed by atoms with E-state index in [1.807, 2.05) is 6.07 Å². The fraction of sp³-hybridized carbons (Fsp3) is 0.483. The molecule has 1 aliphatic heterocycles. The molecule has 2 N–H and O–H groups in total. The zero-order valence-electron chi connectivity index (χ0n) is 23.9. The fourth-order valence-corrected chi connectivity index (χ4v) is 4.05. The number of hydrogen-bond acceptors (Lipinski definition) is 8. The second kappa shape index (κ2) is 15.0. The molecule has 0 aliphatic carbocycles. The van der Waals surface area contributed by atoms with Crippen LogP contribution >= 0.6 is 0 Å². The first-order chi connectivity index (χ1) is 20.2. The molecule has 1 heterocycles. The molecule has 0 radical (unpaired) electrons. The van der Waals surface area contributed by atoms with Crippen LogP contribution < -0.4 is 10.1 Å². The van der Waals surface area contributed by atoms with Gasteiger partial charge < -0.3 is 34.3 Å². The summed E-state index contributed by atoms with van der Waals surface area (Å²) >= 11 is 0. The summed E-state index contributed by atoms with van der Waals surface area (Å²) in [5.74, 6) is -9.87. The van der Waals surface area contributed by atoms with Crippen LogP contribution in [0.3, 0.4) is 0 Å². The van der Waals surface area contributed by atoms with E-state index in [1.54, 1.807) is 45.0 Å². The van der Waals surface area contributed by atoms with Gasteiger partial charge in [0.2, 0.25) is 11.6 Å². The van der Waals surface area contributed by atoms with Gasteiger partial charge in [0, 0.05) is 19.0 Å². The van der Waals surface area contributed by atoms with Gasteiger partial charge in [0.1, 0.15) is 24.9 Å². The van der Waals surface area contributed by atoms with Gasteiger partial charge in [-0.2, -0.15) is 8.78 Å². The maximum Gasteiger partial charge on any atom is 0.410 e. The first-order valence-corrected chi connectivity index (χ1v) is 13.5. The van der Waals surface area contributed by atoms with Gasteiger partial charge in [-0.05, 0) is 32.8 Å². The lowest BCUT2D eigenvalue weighted by Gasteiger charge is -2.33. The van der Waals surface area contributed by atoms with Crippen LogP contribution in [0, 0.1) is 23.3 Å². The second-order valence-electron chi connectivity index (χ2n) is 10.8. The van der Waals surface area contributed by atoms with Crippen molar-refractivity contribution in [1.29, 1.82) is 0 Å². The highest BCUT2D eigenvalue weighted by Gasteiger charge is 2.33. The summed E-state index contributed by atoms with van der Waals surface area (Å²) in [4.78, 5) is 39.2. The van der Waals surface area contributed by atoms with Crippen molar-refractivity contribution in [2.45, 2.75) is 64.1 Å². The van der Waals surface area contributed by atoms with Crippen LogP contribution in [-0.2, 0) is 30.4 Å². The van der Waals surface area contributed by atoms with Crippen LogP contribution in [0.2, 0.25) is 0 Å². The average Bonchev–Trinajstić information content (AvgIpc) is 2.96. The largest absolute Gasteiger partial charge is 0.485 e. The SMILES string of the molecule is CC(C)(C)OC(=O)CC[C@H](NC(=O)C1CN(C(=O)OCc2ccccc2)CCO1)C(O)COc1c(F)c(F)cc(F)c1F. The van der Waals surface area contributed by atoms with E-state index in [1.165, 1.54) is 4.90 Å². The third-order valence-electron chi connectivity index (χ3n) is 6.16. The van der Waals surface area contributed by atoms with E-state index in [0.717, 1.165) is 5.56 Å². The Morgan fingerprint density at radius 2 is 1.74 bits per heavy atom. The zero-order chi connectivity index (χ0) is 31.7. The van der Waals surface area contributed by atoms with E-state index in [9.17, 15) is 37.1 Å². The topological polar surface area (TPSA) is 124 Å². The molecule has 0 spiro atoms. The normalized spacial score (nSPS) is 16.7. The monoisotopic (exact) mass is 614 g/mol. The Morgan fingerprint density at radius 3 is 2.37 bits per heavy atom. The summed E-state index contributed by atoms with van der Waals surface area (Å²) in [5.41, 5.74) is -0.0501. The molecule has 1 fully saturated rings. The van der Waals surface area contributed by atoms with Gasteiger partial charge in [-0.1, -0.05) is 30.3 Å². The molecule has 2 aromatic rings. The summed E-state index contributed by atoms with van der Waals surface area (Å²) in [6.45, 7) is 3.99. The van der Waals surface area contributed by atoms with Crippen molar-refractivity contribution in [3.8, 4) is 5.75 Å². The number of rotatable bonds is 11. The number of ether oxygens (including phenoxy) is 4. The predicted molar refractivity (Wildman–Crippen MR) is 143 cm³/mol. The number of morpholine rings is 1. The lowest BCUT2D eigenvalue weighted by molar-refractivity contribution is -0.155. The number of benzene rings is 2. The maximum absolute atomic E-state index is 14.0. The van der Waals surface area contributed by atoms with Gasteiger partial charge in [0.15, 0.2) is 23.5 Å². The van der Waals surface area contributed by atoms with Crippen molar-refractivity contribution in [2.24, 2.45) is 0 Å². The molecule has 3 atom stereocenters. The molecule has 0 aromatic heterocycles. The number of nitrogens with one attached hydrogen (secondary N) is 1. The molecule has 10 nitrogen and oxygen atoms in total. The molecule has 43 heavy (non-hydrogen) atoms. The summed E-state index contributed by atoms with van der Waals surface area (Å²) in [7, 11) is 0. The van der Waals surface area contributed by atoms with Crippen molar-refractivity contribution in [3.63, 3.8) is 0 Å². The molecule has 0 bridgehead atoms. The van der Waals surface area contributed by atoms with Gasteiger partial charge in [0.05, 0.1) is 19.2 Å². The third-order valence-corrected chi connectivity index (χ3v) is 6.16. The first-order valence-electron chi connectivity index (χ1n) is 13.5. The highest BCUT2D eigenvalue weighted by molar-refractivity contribution is 5.82. The number of aliphatic hydroxyl groups is 1. The van der Waals surface area contributed by atoms with Gasteiger partial charge in [-0.15, -0.1) is 0 Å². The summed E-state index contributed by atoms with van der Waals surface area (Å²) in [6, 6.07) is 7.70. The molecular formula is C29H34F4N2O8. The summed E-state index contributed by atoms with van der Waals surface area (Å²) in [6.07, 6.45) is -4.09. The van der Waals surface area contributed by atoms with E-state index >= 15 is 0 Å². The van der Waals surface area contributed by atoms with Crippen molar-refractivity contribution in [1.82, 2.24) is 10.2 Å². The zero-order valence-corrected chi connectivity index (χ0v) is 23.9. The molecule has 1 aliphatic rings. The van der Waals surface area contributed by atoms with Crippen molar-refractivity contribution in [2.75, 3.05) is 26.3 Å². The number of esters is 1. The molecule has 1 saturated heterocycles. The quantitative estimate of drug-likeness (QED) is 0.224. The summed E-state index contributed by atoms with van der Waals surface area (Å²) < 4.78 is 76.1. The van der Waals surface area contributed by atoms with Crippen LogP contribution in [0.25, 0.3) is 0 Å². The molecule has 14 heteroatoms. The van der Waals surface area contributed by atoms with Crippen molar-refractivity contribution in [3.05, 3.63) is 65.2 Å². The lowest BCUT2D eigenvalue weighted by atomic mass is 10.0. The highest BCUT2D eigenvalue weighted by Crippen LogP contribution is 2.27. The number of aliphatic hydroxyl groups excluding tert-OH is 1. The Balaban J connectivity index is 1.66. The predicted octanol–water partition coefficient (Wildman–Crippen LogP) is 3.63. The Hall–Kier alpha value is -3.91. The summed E-state index contributed by atoms with van der Waals surface area (Å²) in [5, 5.41) is 13.2. The minimum atomic E-state index is -1.81. The number of carbonyl (C=O) groups is 3. The number of halogens is 4. The Bertz CT molecular complexity index is 1250. The first kappa shape index (κ1) is 33.6. The van der Waals surface area contributed by atoms with Crippen LogP contribution in [0.15, 0.2) is 36.4 Å². The molecule has 236 valence electrons. The third kappa shape index (κ3) is 10.1. The highest BCUT2D eigenvalue weighted by atomic mass is 19.2. The molecule has 2 amide bonds. The number of amides is 2. The van der Waals surface area contributed by atoms with E-state index in [-0.39, 0.29) is 45.2 Å². The molecule has 3 rings (SSSR count). The number of hydrogen-bond donors (Lipinski definition) is 2. The minimum Gasteiger partial charge on any atom is -0.485 e. The Labute approximate surface area is 245 Å². The number of nitrogens with zero attached hydrogens (tertiary/aromatic N) is 1. The lowest BCUT2D eigenvalue weighted by Crippen LogP contribution is -2.55. The van der Waals surface area contributed by atoms with E-state index < -0.39 is 77.4 Å². The smallest absolute Gasteiger partial charge is 0.410 e. The van der Waals surface area contributed by atoms with E-state index in [0.29, 0.717) is 0 Å². The van der Waals surface area contributed by atoms with Gasteiger partial charge in [-0.25, -0.2) is 13.6 Å². The minimum absolute atomic E-state index is 0.00271. The van der Waals surface area contributed by atoms with Gasteiger partial charge in [-0.3, -0.25) is 9.59 Å². The molecule has 2 aromatic carbocycles. The van der Waals surface area contributed by atoms with Gasteiger partial charge >= 0.3 is 12.1 Å². The van der Waals surface area contributed by atoms with Crippen LogP contribution in [0.4, 0.5) is 22.4 Å². The Kier molecular flexibility index (Phi) is 11.7. The molecule has 0 saturated carbocycles. The van der Waals surface area contributed by atoms with Crippen molar-refractivity contribution >= 4 is 18.0 Å². The second-order valence-corrected chi connectivity index (χ2v) is 10.8.